The maximum absolute atomic E-state index is 12.0. The molecule has 2 aromatic rings. The van der Waals surface area contributed by atoms with Gasteiger partial charge in [-0.15, -0.1) is 0 Å². The van der Waals surface area contributed by atoms with E-state index < -0.39 is 6.10 Å². The number of para-hydroxylation sites is 2. The first-order valence-electron chi connectivity index (χ1n) is 9.00. The Morgan fingerprint density at radius 3 is 2.69 bits per heavy atom. The molecule has 0 spiro atoms. The maximum atomic E-state index is 12.0. The molecule has 0 radical (unpaired) electrons. The fourth-order valence-corrected chi connectivity index (χ4v) is 3.28. The van der Waals surface area contributed by atoms with Crippen LogP contribution >= 0.6 is 0 Å². The zero-order valence-electron chi connectivity index (χ0n) is 15.6. The standard InChI is InChI=1S/C21H26N2O3/c1-15-11-16(2)13-17(12-15)25-10-6-9-23-14-20(21(24)22-3)26-19-8-5-4-7-18(19)23/h4-5,7-8,11-13,20H,6,9-10,14H2,1-3H3,(H,22,24)/t20-/m1/s1. The summed E-state index contributed by atoms with van der Waals surface area (Å²) in [5, 5.41) is 2.67. The number of nitrogens with one attached hydrogen (secondary N) is 1. The smallest absolute Gasteiger partial charge is 0.262 e. The highest BCUT2D eigenvalue weighted by Crippen LogP contribution is 2.33. The Kier molecular flexibility index (Phi) is 5.66. The number of hydrogen-bond acceptors (Lipinski definition) is 4. The van der Waals surface area contributed by atoms with Crippen molar-refractivity contribution in [2.75, 3.05) is 31.6 Å². The second-order valence-corrected chi connectivity index (χ2v) is 6.66. The van der Waals surface area contributed by atoms with E-state index in [-0.39, 0.29) is 5.91 Å². The Balaban J connectivity index is 1.60. The number of likely N-dealkylation sites (N-methyl/N-ethyl adjacent to an activating group) is 1. The molecule has 3 rings (SSSR count). The average molecular weight is 354 g/mol. The molecule has 2 aromatic carbocycles. The van der Waals surface area contributed by atoms with E-state index in [1.54, 1.807) is 7.05 Å². The molecule has 5 heteroatoms. The number of benzene rings is 2. The first-order valence-corrected chi connectivity index (χ1v) is 9.00. The van der Waals surface area contributed by atoms with Gasteiger partial charge in [-0.1, -0.05) is 18.2 Å². The first kappa shape index (κ1) is 18.1. The Bertz CT molecular complexity index is 755. The minimum atomic E-state index is -0.491. The summed E-state index contributed by atoms with van der Waals surface area (Å²) in [5.41, 5.74) is 3.44. The molecule has 138 valence electrons. The van der Waals surface area contributed by atoms with Gasteiger partial charge in [0.1, 0.15) is 11.5 Å². The van der Waals surface area contributed by atoms with Crippen LogP contribution in [-0.4, -0.2) is 38.8 Å². The molecule has 1 aliphatic rings. The topological polar surface area (TPSA) is 50.8 Å². The summed E-state index contributed by atoms with van der Waals surface area (Å²) in [6, 6.07) is 14.1. The van der Waals surface area contributed by atoms with Crippen molar-refractivity contribution >= 4 is 11.6 Å². The molecule has 1 heterocycles. The minimum Gasteiger partial charge on any atom is -0.494 e. The third kappa shape index (κ3) is 4.28. The van der Waals surface area contributed by atoms with Crippen LogP contribution in [0.5, 0.6) is 11.5 Å². The summed E-state index contributed by atoms with van der Waals surface area (Å²) in [4.78, 5) is 14.2. The molecule has 0 aromatic heterocycles. The van der Waals surface area contributed by atoms with E-state index in [0.29, 0.717) is 13.2 Å². The quantitative estimate of drug-likeness (QED) is 0.810. The lowest BCUT2D eigenvalue weighted by Crippen LogP contribution is -2.48. The van der Waals surface area contributed by atoms with Crippen molar-refractivity contribution in [1.29, 1.82) is 0 Å². The van der Waals surface area contributed by atoms with E-state index in [4.69, 9.17) is 9.47 Å². The van der Waals surface area contributed by atoms with Gasteiger partial charge in [0.25, 0.3) is 5.91 Å². The average Bonchev–Trinajstić information content (AvgIpc) is 2.63. The number of nitrogens with zero attached hydrogens (tertiary/aromatic N) is 1. The number of carbonyl (C=O) groups is 1. The highest BCUT2D eigenvalue weighted by atomic mass is 16.5. The van der Waals surface area contributed by atoms with Crippen molar-refractivity contribution in [2.45, 2.75) is 26.4 Å². The van der Waals surface area contributed by atoms with Crippen molar-refractivity contribution in [1.82, 2.24) is 5.32 Å². The van der Waals surface area contributed by atoms with E-state index in [9.17, 15) is 4.79 Å². The molecule has 0 saturated carbocycles. The normalized spacial score (nSPS) is 15.8. The number of rotatable bonds is 6. The fourth-order valence-electron chi connectivity index (χ4n) is 3.28. The number of carbonyl (C=O) groups excluding carboxylic acids is 1. The molecular formula is C21H26N2O3. The van der Waals surface area contributed by atoms with Crippen molar-refractivity contribution < 1.29 is 14.3 Å². The van der Waals surface area contributed by atoms with E-state index >= 15 is 0 Å². The minimum absolute atomic E-state index is 0.101. The number of amides is 1. The zero-order chi connectivity index (χ0) is 18.5. The van der Waals surface area contributed by atoms with Crippen LogP contribution in [0.3, 0.4) is 0 Å². The van der Waals surface area contributed by atoms with Gasteiger partial charge in [0.15, 0.2) is 6.10 Å². The summed E-state index contributed by atoms with van der Waals surface area (Å²) in [6.07, 6.45) is 0.372. The fraction of sp³-hybridized carbons (Fsp3) is 0.381. The number of ether oxygens (including phenoxy) is 2. The Morgan fingerprint density at radius 2 is 1.96 bits per heavy atom. The number of fused-ring (bicyclic) bond motifs is 1. The molecule has 0 saturated heterocycles. The Morgan fingerprint density at radius 1 is 1.23 bits per heavy atom. The van der Waals surface area contributed by atoms with Crippen LogP contribution in [0.2, 0.25) is 0 Å². The van der Waals surface area contributed by atoms with E-state index in [2.05, 4.69) is 42.3 Å². The molecule has 0 bridgehead atoms. The maximum Gasteiger partial charge on any atom is 0.262 e. The number of aryl methyl sites for hydroxylation is 2. The zero-order valence-corrected chi connectivity index (χ0v) is 15.6. The van der Waals surface area contributed by atoms with Crippen molar-refractivity contribution in [3.8, 4) is 11.5 Å². The van der Waals surface area contributed by atoms with Gasteiger partial charge in [-0.05, 0) is 55.7 Å². The lowest BCUT2D eigenvalue weighted by Gasteiger charge is -2.35. The molecule has 0 aliphatic carbocycles. The van der Waals surface area contributed by atoms with Crippen molar-refractivity contribution in [3.05, 3.63) is 53.6 Å². The molecule has 26 heavy (non-hydrogen) atoms. The molecule has 1 amide bonds. The molecule has 0 unspecified atom stereocenters. The van der Waals surface area contributed by atoms with Crippen LogP contribution in [0.15, 0.2) is 42.5 Å². The Labute approximate surface area is 154 Å². The van der Waals surface area contributed by atoms with Crippen LogP contribution in [0.25, 0.3) is 0 Å². The predicted molar refractivity (Wildman–Crippen MR) is 103 cm³/mol. The van der Waals surface area contributed by atoms with Gasteiger partial charge in [0.05, 0.1) is 18.8 Å². The summed E-state index contributed by atoms with van der Waals surface area (Å²) >= 11 is 0. The second-order valence-electron chi connectivity index (χ2n) is 6.66. The highest BCUT2D eigenvalue weighted by molar-refractivity contribution is 5.83. The van der Waals surface area contributed by atoms with E-state index in [1.807, 2.05) is 24.3 Å². The predicted octanol–water partition coefficient (Wildman–Crippen LogP) is 3.09. The summed E-state index contributed by atoms with van der Waals surface area (Å²) < 4.78 is 11.7. The third-order valence-electron chi connectivity index (χ3n) is 4.44. The number of anilines is 1. The van der Waals surface area contributed by atoms with Gasteiger partial charge in [-0.25, -0.2) is 0 Å². The lowest BCUT2D eigenvalue weighted by atomic mass is 10.1. The SMILES string of the molecule is CNC(=O)[C@H]1CN(CCCOc2cc(C)cc(C)c2)c2ccccc2O1. The van der Waals surface area contributed by atoms with Gasteiger partial charge in [-0.3, -0.25) is 4.79 Å². The molecular weight excluding hydrogens is 328 g/mol. The lowest BCUT2D eigenvalue weighted by molar-refractivity contribution is -0.127. The molecule has 5 nitrogen and oxygen atoms in total. The number of hydrogen-bond donors (Lipinski definition) is 1. The molecule has 1 atom stereocenters. The van der Waals surface area contributed by atoms with Gasteiger partial charge in [0, 0.05) is 13.6 Å². The van der Waals surface area contributed by atoms with E-state index in [1.165, 1.54) is 11.1 Å². The van der Waals surface area contributed by atoms with Crippen LogP contribution in [0.1, 0.15) is 17.5 Å². The van der Waals surface area contributed by atoms with Crippen LogP contribution in [0.4, 0.5) is 5.69 Å². The molecule has 1 aliphatic heterocycles. The van der Waals surface area contributed by atoms with Crippen molar-refractivity contribution in [3.63, 3.8) is 0 Å². The third-order valence-corrected chi connectivity index (χ3v) is 4.44. The summed E-state index contributed by atoms with van der Waals surface area (Å²) in [6.45, 7) is 6.12. The molecule has 0 fully saturated rings. The first-order chi connectivity index (χ1) is 12.6. The van der Waals surface area contributed by atoms with Gasteiger partial charge in [0.2, 0.25) is 0 Å². The second kappa shape index (κ2) is 8.13. The molecule has 1 N–H and O–H groups in total. The van der Waals surface area contributed by atoms with Crippen LogP contribution in [-0.2, 0) is 4.79 Å². The summed E-state index contributed by atoms with van der Waals surface area (Å²) in [7, 11) is 1.63. The monoisotopic (exact) mass is 354 g/mol. The van der Waals surface area contributed by atoms with Gasteiger partial charge in [-0.2, -0.15) is 0 Å². The van der Waals surface area contributed by atoms with Gasteiger partial charge >= 0.3 is 0 Å². The largest absolute Gasteiger partial charge is 0.494 e. The van der Waals surface area contributed by atoms with Crippen LogP contribution in [0, 0.1) is 13.8 Å². The highest BCUT2D eigenvalue weighted by Gasteiger charge is 2.29. The summed E-state index contributed by atoms with van der Waals surface area (Å²) in [5.74, 6) is 1.56. The van der Waals surface area contributed by atoms with Gasteiger partial charge < -0.3 is 19.7 Å². The van der Waals surface area contributed by atoms with Crippen LogP contribution < -0.4 is 19.7 Å². The van der Waals surface area contributed by atoms with Crippen molar-refractivity contribution in [2.24, 2.45) is 0 Å². The van der Waals surface area contributed by atoms with E-state index in [0.717, 1.165) is 30.2 Å². The Hall–Kier alpha value is -2.69.